The van der Waals surface area contributed by atoms with Gasteiger partial charge in [0.05, 0.1) is 10.7 Å². The number of imidazole rings is 1. The van der Waals surface area contributed by atoms with Crippen molar-refractivity contribution in [3.8, 4) is 0 Å². The monoisotopic (exact) mass is 194 g/mol. The van der Waals surface area contributed by atoms with Crippen LogP contribution in [0.5, 0.6) is 0 Å². The van der Waals surface area contributed by atoms with Crippen LogP contribution in [0.25, 0.3) is 5.65 Å². The third-order valence-electron chi connectivity index (χ3n) is 2.17. The van der Waals surface area contributed by atoms with E-state index in [0.717, 1.165) is 28.3 Å². The number of hydrogen-bond acceptors (Lipinski definition) is 1. The van der Waals surface area contributed by atoms with Gasteiger partial charge >= 0.3 is 0 Å². The summed E-state index contributed by atoms with van der Waals surface area (Å²) in [7, 11) is 0. The number of hydrogen-bond donors (Lipinski definition) is 0. The van der Waals surface area contributed by atoms with Gasteiger partial charge in [-0.15, -0.1) is 0 Å². The molecule has 2 nitrogen and oxygen atoms in total. The Morgan fingerprint density at radius 3 is 3.00 bits per heavy atom. The van der Waals surface area contributed by atoms with Crippen molar-refractivity contribution in [2.24, 2.45) is 0 Å². The summed E-state index contributed by atoms with van der Waals surface area (Å²) in [6, 6.07) is 2.00. The molecule has 0 aromatic carbocycles. The molecule has 13 heavy (non-hydrogen) atoms. The zero-order chi connectivity index (χ0) is 9.42. The Morgan fingerprint density at radius 1 is 1.54 bits per heavy atom. The zero-order valence-electron chi connectivity index (χ0n) is 7.71. The summed E-state index contributed by atoms with van der Waals surface area (Å²) < 4.78 is 1.97. The van der Waals surface area contributed by atoms with Crippen LogP contribution in [0.1, 0.15) is 18.2 Å². The molecule has 0 aliphatic carbocycles. The minimum atomic E-state index is 0.752. The van der Waals surface area contributed by atoms with E-state index in [1.807, 2.05) is 29.8 Å². The standard InChI is InChI=1S/C10H11ClN2/c1-3-8-6-13-5-4-7(2)9(11)10(13)12-8/h4-6H,3H2,1-2H3. The predicted octanol–water partition coefficient (Wildman–Crippen LogP) is 2.86. The predicted molar refractivity (Wildman–Crippen MR) is 54.3 cm³/mol. The van der Waals surface area contributed by atoms with Crippen LogP contribution < -0.4 is 0 Å². The van der Waals surface area contributed by atoms with Gasteiger partial charge < -0.3 is 4.40 Å². The molecule has 68 valence electrons. The van der Waals surface area contributed by atoms with E-state index in [1.54, 1.807) is 0 Å². The summed E-state index contributed by atoms with van der Waals surface area (Å²) >= 11 is 6.11. The van der Waals surface area contributed by atoms with Crippen LogP contribution in [0.4, 0.5) is 0 Å². The summed E-state index contributed by atoms with van der Waals surface area (Å²) in [5.74, 6) is 0. The SMILES string of the molecule is CCc1cn2ccc(C)c(Cl)c2n1. The van der Waals surface area contributed by atoms with Crippen LogP contribution in [-0.2, 0) is 6.42 Å². The van der Waals surface area contributed by atoms with Gasteiger partial charge in [0, 0.05) is 12.4 Å². The highest BCUT2D eigenvalue weighted by Gasteiger charge is 2.05. The first-order valence-corrected chi connectivity index (χ1v) is 4.73. The van der Waals surface area contributed by atoms with Gasteiger partial charge in [0.25, 0.3) is 0 Å². The molecule has 0 N–H and O–H groups in total. The number of nitrogens with zero attached hydrogens (tertiary/aromatic N) is 2. The van der Waals surface area contributed by atoms with Crippen LogP contribution in [0, 0.1) is 6.92 Å². The largest absolute Gasteiger partial charge is 0.306 e. The molecular weight excluding hydrogens is 184 g/mol. The Labute approximate surface area is 82.2 Å². The Balaban J connectivity index is 2.76. The molecule has 0 aliphatic rings. The third kappa shape index (κ3) is 1.31. The molecule has 0 spiro atoms. The number of pyridine rings is 1. The van der Waals surface area contributed by atoms with Crippen molar-refractivity contribution >= 4 is 17.2 Å². The molecule has 2 rings (SSSR count). The van der Waals surface area contributed by atoms with Gasteiger partial charge in [0.2, 0.25) is 0 Å². The van der Waals surface area contributed by atoms with Gasteiger partial charge in [0.15, 0.2) is 5.65 Å². The van der Waals surface area contributed by atoms with Crippen LogP contribution in [-0.4, -0.2) is 9.38 Å². The molecule has 0 bridgehead atoms. The first kappa shape index (κ1) is 8.57. The molecule has 0 aliphatic heterocycles. The number of aryl methyl sites for hydroxylation is 2. The van der Waals surface area contributed by atoms with Gasteiger partial charge in [-0.1, -0.05) is 18.5 Å². The van der Waals surface area contributed by atoms with Crippen LogP contribution in [0.15, 0.2) is 18.5 Å². The molecule has 0 unspecified atom stereocenters. The lowest BCUT2D eigenvalue weighted by molar-refractivity contribution is 1.07. The van der Waals surface area contributed by atoms with E-state index >= 15 is 0 Å². The van der Waals surface area contributed by atoms with Gasteiger partial charge in [-0.05, 0) is 25.0 Å². The van der Waals surface area contributed by atoms with Crippen molar-refractivity contribution in [1.29, 1.82) is 0 Å². The number of fused-ring (bicyclic) bond motifs is 1. The van der Waals surface area contributed by atoms with Crippen LogP contribution >= 0.6 is 11.6 Å². The molecule has 2 aromatic heterocycles. The molecule has 0 atom stereocenters. The Kier molecular flexibility index (Phi) is 2.00. The molecule has 2 aromatic rings. The minimum absolute atomic E-state index is 0.752. The molecule has 0 fully saturated rings. The fourth-order valence-electron chi connectivity index (χ4n) is 1.33. The fourth-order valence-corrected chi connectivity index (χ4v) is 1.54. The second-order valence-electron chi connectivity index (χ2n) is 3.13. The van der Waals surface area contributed by atoms with Crippen molar-refractivity contribution in [2.45, 2.75) is 20.3 Å². The van der Waals surface area contributed by atoms with Crippen molar-refractivity contribution in [3.63, 3.8) is 0 Å². The zero-order valence-corrected chi connectivity index (χ0v) is 8.47. The minimum Gasteiger partial charge on any atom is -0.306 e. The molecule has 2 heterocycles. The Hall–Kier alpha value is -1.02. The third-order valence-corrected chi connectivity index (χ3v) is 2.64. The van der Waals surface area contributed by atoms with Gasteiger partial charge in [-0.25, -0.2) is 4.98 Å². The number of rotatable bonds is 1. The lowest BCUT2D eigenvalue weighted by atomic mass is 10.3. The van der Waals surface area contributed by atoms with Crippen molar-refractivity contribution in [1.82, 2.24) is 9.38 Å². The average Bonchev–Trinajstić information content (AvgIpc) is 2.55. The number of aromatic nitrogens is 2. The maximum absolute atomic E-state index is 6.11. The topological polar surface area (TPSA) is 17.3 Å². The molecule has 3 heteroatoms. The molecule has 0 saturated heterocycles. The average molecular weight is 195 g/mol. The van der Waals surface area contributed by atoms with Gasteiger partial charge in [-0.3, -0.25) is 0 Å². The maximum atomic E-state index is 6.11. The normalized spacial score (nSPS) is 11.0. The van der Waals surface area contributed by atoms with E-state index in [9.17, 15) is 0 Å². The van der Waals surface area contributed by atoms with Crippen molar-refractivity contribution in [2.75, 3.05) is 0 Å². The summed E-state index contributed by atoms with van der Waals surface area (Å²) in [5.41, 5.74) is 3.01. The van der Waals surface area contributed by atoms with E-state index in [1.165, 1.54) is 0 Å². The highest BCUT2D eigenvalue weighted by atomic mass is 35.5. The van der Waals surface area contributed by atoms with Crippen molar-refractivity contribution < 1.29 is 0 Å². The first-order chi connectivity index (χ1) is 6.22. The lowest BCUT2D eigenvalue weighted by Crippen LogP contribution is -1.85. The second-order valence-corrected chi connectivity index (χ2v) is 3.51. The van der Waals surface area contributed by atoms with Crippen LogP contribution in [0.2, 0.25) is 5.02 Å². The Morgan fingerprint density at radius 2 is 2.31 bits per heavy atom. The summed E-state index contributed by atoms with van der Waals surface area (Å²) in [4.78, 5) is 4.42. The number of halogens is 1. The quantitative estimate of drug-likeness (QED) is 0.683. The molecular formula is C10H11ClN2. The second kappa shape index (κ2) is 3.04. The summed E-state index contributed by atoms with van der Waals surface area (Å²) in [6.07, 6.45) is 4.94. The lowest BCUT2D eigenvalue weighted by Gasteiger charge is -1.98. The van der Waals surface area contributed by atoms with E-state index in [-0.39, 0.29) is 0 Å². The van der Waals surface area contributed by atoms with E-state index in [0.29, 0.717) is 0 Å². The summed E-state index contributed by atoms with van der Waals surface area (Å²) in [6.45, 7) is 4.07. The molecule has 0 saturated carbocycles. The summed E-state index contributed by atoms with van der Waals surface area (Å²) in [5, 5.41) is 0.752. The van der Waals surface area contributed by atoms with Crippen LogP contribution in [0.3, 0.4) is 0 Å². The van der Waals surface area contributed by atoms with E-state index < -0.39 is 0 Å². The molecule has 0 amide bonds. The highest BCUT2D eigenvalue weighted by molar-refractivity contribution is 6.34. The molecule has 0 radical (unpaired) electrons. The first-order valence-electron chi connectivity index (χ1n) is 4.35. The smallest absolute Gasteiger partial charge is 0.156 e. The maximum Gasteiger partial charge on any atom is 0.156 e. The van der Waals surface area contributed by atoms with E-state index in [2.05, 4.69) is 11.9 Å². The Bertz CT molecular complexity index is 445. The highest BCUT2D eigenvalue weighted by Crippen LogP contribution is 2.20. The van der Waals surface area contributed by atoms with Gasteiger partial charge in [0.1, 0.15) is 0 Å². The van der Waals surface area contributed by atoms with E-state index in [4.69, 9.17) is 11.6 Å². The van der Waals surface area contributed by atoms with Crippen molar-refractivity contribution in [3.05, 3.63) is 34.7 Å². The van der Waals surface area contributed by atoms with Gasteiger partial charge in [-0.2, -0.15) is 0 Å². The fraction of sp³-hybridized carbons (Fsp3) is 0.300.